The molecule has 0 bridgehead atoms. The molecule has 3 nitrogen and oxygen atoms in total. The van der Waals surface area contributed by atoms with E-state index in [1.165, 1.54) is 4.57 Å². The van der Waals surface area contributed by atoms with Crippen LogP contribution in [0.3, 0.4) is 0 Å². The van der Waals surface area contributed by atoms with Gasteiger partial charge in [-0.25, -0.2) is 0 Å². The van der Waals surface area contributed by atoms with Gasteiger partial charge in [0, 0.05) is 21.1 Å². The van der Waals surface area contributed by atoms with Gasteiger partial charge in [0.15, 0.2) is 5.88 Å². The molecule has 0 aliphatic carbocycles. The molecule has 0 aliphatic heterocycles. The molecule has 0 saturated heterocycles. The number of hydrogen-bond donors (Lipinski definition) is 2. The molecule has 0 radical (unpaired) electrons. The minimum atomic E-state index is 0.0199. The number of aromatic nitrogens is 1. The highest BCUT2D eigenvalue weighted by Gasteiger charge is 2.13. The lowest BCUT2D eigenvalue weighted by Crippen LogP contribution is -1.92. The Bertz CT molecular complexity index is 507. The second kappa shape index (κ2) is 4.55. The summed E-state index contributed by atoms with van der Waals surface area (Å²) in [5.74, 6) is 0.0840. The fourth-order valence-electron chi connectivity index (χ4n) is 1.48. The molecule has 0 saturated carbocycles. The SMILES string of the molecule is Oc1cc(CI)c(O)n1-c1ccc(Cl)cc1. The third-order valence-electron chi connectivity index (χ3n) is 2.26. The average Bonchev–Trinajstić information content (AvgIpc) is 2.56. The van der Waals surface area contributed by atoms with Crippen molar-refractivity contribution in [3.05, 3.63) is 40.9 Å². The Balaban J connectivity index is 2.55. The van der Waals surface area contributed by atoms with E-state index in [0.717, 1.165) is 0 Å². The third kappa shape index (κ3) is 1.99. The van der Waals surface area contributed by atoms with E-state index >= 15 is 0 Å². The summed E-state index contributed by atoms with van der Waals surface area (Å²) in [5.41, 5.74) is 1.38. The molecule has 0 aliphatic rings. The lowest BCUT2D eigenvalue weighted by Gasteiger charge is -2.06. The van der Waals surface area contributed by atoms with Crippen LogP contribution in [-0.4, -0.2) is 14.8 Å². The molecule has 1 aromatic heterocycles. The van der Waals surface area contributed by atoms with Crippen LogP contribution in [0.25, 0.3) is 5.69 Å². The maximum atomic E-state index is 9.90. The molecular weight excluding hydrogens is 340 g/mol. The summed E-state index contributed by atoms with van der Waals surface area (Å²) in [6.07, 6.45) is 0. The molecule has 84 valence electrons. The van der Waals surface area contributed by atoms with Crippen molar-refractivity contribution in [1.82, 2.24) is 4.57 Å². The van der Waals surface area contributed by atoms with Crippen LogP contribution >= 0.6 is 34.2 Å². The van der Waals surface area contributed by atoms with Gasteiger partial charge in [0.25, 0.3) is 0 Å². The van der Waals surface area contributed by atoms with Gasteiger partial charge in [-0.15, -0.1) is 0 Å². The summed E-state index contributed by atoms with van der Waals surface area (Å²) in [7, 11) is 0. The van der Waals surface area contributed by atoms with Crippen LogP contribution in [0, 0.1) is 0 Å². The van der Waals surface area contributed by atoms with Gasteiger partial charge in [0.1, 0.15) is 0 Å². The van der Waals surface area contributed by atoms with Crippen LogP contribution < -0.4 is 0 Å². The normalized spacial score (nSPS) is 10.6. The lowest BCUT2D eigenvalue weighted by atomic mass is 10.3. The predicted octanol–water partition coefficient (Wildman–Crippen LogP) is 3.48. The molecule has 0 spiro atoms. The van der Waals surface area contributed by atoms with Crippen molar-refractivity contribution in [3.63, 3.8) is 0 Å². The Hall–Kier alpha value is -0.880. The van der Waals surface area contributed by atoms with Gasteiger partial charge in [-0.2, -0.15) is 0 Å². The van der Waals surface area contributed by atoms with E-state index in [0.29, 0.717) is 20.7 Å². The zero-order chi connectivity index (χ0) is 11.7. The Morgan fingerprint density at radius 2 is 1.81 bits per heavy atom. The molecule has 0 unspecified atom stereocenters. The highest BCUT2D eigenvalue weighted by atomic mass is 127. The maximum Gasteiger partial charge on any atom is 0.202 e. The van der Waals surface area contributed by atoms with E-state index < -0.39 is 0 Å². The zero-order valence-corrected chi connectivity index (χ0v) is 11.1. The molecular formula is C11H9ClINO2. The van der Waals surface area contributed by atoms with Crippen LogP contribution in [0.1, 0.15) is 5.56 Å². The summed E-state index contributed by atoms with van der Waals surface area (Å²) < 4.78 is 2.02. The average molecular weight is 350 g/mol. The first-order valence-corrected chi connectivity index (χ1v) is 6.48. The number of aromatic hydroxyl groups is 2. The minimum Gasteiger partial charge on any atom is -0.494 e. The fourth-order valence-corrected chi connectivity index (χ4v) is 2.17. The van der Waals surface area contributed by atoms with Crippen LogP contribution in [0.5, 0.6) is 11.8 Å². The van der Waals surface area contributed by atoms with Gasteiger partial charge in [-0.1, -0.05) is 34.2 Å². The van der Waals surface area contributed by atoms with Crippen molar-refractivity contribution < 1.29 is 10.2 Å². The van der Waals surface area contributed by atoms with Crippen LogP contribution in [0.15, 0.2) is 30.3 Å². The molecule has 2 aromatic rings. The summed E-state index contributed by atoms with van der Waals surface area (Å²) in [6, 6.07) is 8.44. The first-order chi connectivity index (χ1) is 7.63. The highest BCUT2D eigenvalue weighted by molar-refractivity contribution is 14.1. The summed E-state index contributed by atoms with van der Waals surface area (Å²) >= 11 is 7.90. The highest BCUT2D eigenvalue weighted by Crippen LogP contribution is 2.33. The van der Waals surface area contributed by atoms with Crippen molar-refractivity contribution in [1.29, 1.82) is 0 Å². The van der Waals surface area contributed by atoms with Crippen molar-refractivity contribution in [2.24, 2.45) is 0 Å². The predicted molar refractivity (Wildman–Crippen MR) is 71.8 cm³/mol. The molecule has 0 atom stereocenters. The standard InChI is InChI=1S/C11H9ClINO2/c12-8-1-3-9(4-2-8)14-10(15)5-7(6-13)11(14)16/h1-5,15-16H,6H2. The number of nitrogens with zero attached hydrogens (tertiary/aromatic N) is 1. The Labute approximate surface area is 111 Å². The Kier molecular flexibility index (Phi) is 3.30. The first-order valence-electron chi connectivity index (χ1n) is 4.58. The van der Waals surface area contributed by atoms with Gasteiger partial charge in [-0.3, -0.25) is 4.57 Å². The van der Waals surface area contributed by atoms with E-state index in [2.05, 4.69) is 22.6 Å². The number of alkyl halides is 1. The van der Waals surface area contributed by atoms with Crippen LogP contribution in [-0.2, 0) is 4.43 Å². The van der Waals surface area contributed by atoms with E-state index in [1.54, 1.807) is 30.3 Å². The van der Waals surface area contributed by atoms with Crippen LogP contribution in [0.4, 0.5) is 0 Å². The molecule has 2 rings (SSSR count). The third-order valence-corrected chi connectivity index (χ3v) is 3.33. The maximum absolute atomic E-state index is 9.90. The fraction of sp³-hybridized carbons (Fsp3) is 0.0909. The quantitative estimate of drug-likeness (QED) is 0.644. The van der Waals surface area contributed by atoms with Gasteiger partial charge in [0.2, 0.25) is 5.88 Å². The molecule has 0 amide bonds. The molecule has 16 heavy (non-hydrogen) atoms. The Morgan fingerprint density at radius 1 is 1.19 bits per heavy atom. The van der Waals surface area contributed by atoms with E-state index in [9.17, 15) is 10.2 Å². The second-order valence-corrected chi connectivity index (χ2v) is 4.50. The summed E-state index contributed by atoms with van der Waals surface area (Å²) in [5, 5.41) is 20.2. The Morgan fingerprint density at radius 3 is 2.31 bits per heavy atom. The van der Waals surface area contributed by atoms with E-state index in [1.807, 2.05) is 0 Å². The van der Waals surface area contributed by atoms with Gasteiger partial charge < -0.3 is 10.2 Å². The second-order valence-electron chi connectivity index (χ2n) is 3.30. The number of benzene rings is 1. The number of halogens is 2. The van der Waals surface area contributed by atoms with Gasteiger partial charge >= 0.3 is 0 Å². The molecule has 5 heteroatoms. The minimum absolute atomic E-state index is 0.0199. The molecule has 2 N–H and O–H groups in total. The number of hydrogen-bond acceptors (Lipinski definition) is 2. The summed E-state index contributed by atoms with van der Waals surface area (Å²) in [6.45, 7) is 0. The smallest absolute Gasteiger partial charge is 0.202 e. The number of rotatable bonds is 2. The van der Waals surface area contributed by atoms with Crippen molar-refractivity contribution >= 4 is 34.2 Å². The van der Waals surface area contributed by atoms with Crippen molar-refractivity contribution in [3.8, 4) is 17.4 Å². The van der Waals surface area contributed by atoms with Crippen molar-refractivity contribution in [2.75, 3.05) is 0 Å². The van der Waals surface area contributed by atoms with Crippen molar-refractivity contribution in [2.45, 2.75) is 4.43 Å². The topological polar surface area (TPSA) is 45.4 Å². The molecule has 0 fully saturated rings. The zero-order valence-electron chi connectivity index (χ0n) is 8.19. The van der Waals surface area contributed by atoms with Gasteiger partial charge in [0.05, 0.1) is 5.69 Å². The first kappa shape index (κ1) is 11.6. The monoisotopic (exact) mass is 349 g/mol. The largest absolute Gasteiger partial charge is 0.494 e. The molecule has 1 aromatic carbocycles. The van der Waals surface area contributed by atoms with E-state index in [4.69, 9.17) is 11.6 Å². The molecule has 1 heterocycles. The lowest BCUT2D eigenvalue weighted by molar-refractivity contribution is 0.401. The van der Waals surface area contributed by atoms with Crippen LogP contribution in [0.2, 0.25) is 5.02 Å². The summed E-state index contributed by atoms with van der Waals surface area (Å²) in [4.78, 5) is 0. The van der Waals surface area contributed by atoms with Gasteiger partial charge in [-0.05, 0) is 24.3 Å². The van der Waals surface area contributed by atoms with E-state index in [-0.39, 0.29) is 11.8 Å².